The molecule has 0 aromatic carbocycles. The van der Waals surface area contributed by atoms with E-state index in [-0.39, 0.29) is 5.54 Å². The van der Waals surface area contributed by atoms with Crippen molar-refractivity contribution in [2.75, 3.05) is 13.6 Å². The third-order valence-electron chi connectivity index (χ3n) is 5.15. The second-order valence-corrected chi connectivity index (χ2v) is 7.24. The quantitative estimate of drug-likeness (QED) is 0.922. The SMILES string of the molecule is Cc1nc(CN(C)C2(CN)CCCC(C)C2C)cs1. The summed E-state index contributed by atoms with van der Waals surface area (Å²) in [5.74, 6) is 1.41. The molecule has 1 fully saturated rings. The molecule has 1 aliphatic rings. The van der Waals surface area contributed by atoms with E-state index in [1.165, 1.54) is 25.0 Å². The number of aromatic nitrogens is 1. The first kappa shape index (κ1) is 14.9. The van der Waals surface area contributed by atoms with Crippen LogP contribution in [-0.2, 0) is 6.54 Å². The summed E-state index contributed by atoms with van der Waals surface area (Å²) < 4.78 is 0. The molecule has 0 bridgehead atoms. The van der Waals surface area contributed by atoms with Gasteiger partial charge >= 0.3 is 0 Å². The van der Waals surface area contributed by atoms with Crippen LogP contribution < -0.4 is 5.73 Å². The van der Waals surface area contributed by atoms with Gasteiger partial charge in [0.15, 0.2) is 0 Å². The molecule has 1 heterocycles. The molecule has 1 aromatic heterocycles. The van der Waals surface area contributed by atoms with Crippen molar-refractivity contribution in [3.8, 4) is 0 Å². The minimum atomic E-state index is 0.148. The Labute approximate surface area is 121 Å². The Bertz CT molecular complexity index is 417. The molecule has 0 amide bonds. The zero-order chi connectivity index (χ0) is 14.0. The van der Waals surface area contributed by atoms with Crippen LogP contribution in [0.5, 0.6) is 0 Å². The Morgan fingerprint density at radius 1 is 1.53 bits per heavy atom. The Balaban J connectivity index is 2.15. The fraction of sp³-hybridized carbons (Fsp3) is 0.800. The molecule has 4 heteroatoms. The fourth-order valence-corrected chi connectivity index (χ4v) is 4.20. The third kappa shape index (κ3) is 2.86. The topological polar surface area (TPSA) is 42.2 Å². The second-order valence-electron chi connectivity index (χ2n) is 6.18. The van der Waals surface area contributed by atoms with Crippen molar-refractivity contribution in [3.63, 3.8) is 0 Å². The first-order valence-corrected chi connectivity index (χ1v) is 8.20. The van der Waals surface area contributed by atoms with Crippen LogP contribution in [0.1, 0.15) is 43.8 Å². The van der Waals surface area contributed by atoms with Gasteiger partial charge in [0.05, 0.1) is 10.7 Å². The summed E-state index contributed by atoms with van der Waals surface area (Å²) in [5, 5.41) is 3.32. The monoisotopic (exact) mass is 281 g/mol. The highest BCUT2D eigenvalue weighted by Crippen LogP contribution is 2.41. The molecule has 0 aliphatic heterocycles. The van der Waals surface area contributed by atoms with Gasteiger partial charge in [-0.1, -0.05) is 26.7 Å². The van der Waals surface area contributed by atoms with Crippen LogP contribution in [0.2, 0.25) is 0 Å². The van der Waals surface area contributed by atoms with E-state index in [1.54, 1.807) is 11.3 Å². The number of nitrogens with zero attached hydrogens (tertiary/aromatic N) is 2. The Morgan fingerprint density at radius 3 is 2.84 bits per heavy atom. The maximum absolute atomic E-state index is 6.19. The van der Waals surface area contributed by atoms with E-state index < -0.39 is 0 Å². The van der Waals surface area contributed by atoms with Crippen molar-refractivity contribution in [1.82, 2.24) is 9.88 Å². The van der Waals surface area contributed by atoms with E-state index in [0.717, 1.165) is 24.0 Å². The van der Waals surface area contributed by atoms with Crippen molar-refractivity contribution < 1.29 is 0 Å². The molecule has 108 valence electrons. The van der Waals surface area contributed by atoms with Gasteiger partial charge in [0.25, 0.3) is 0 Å². The molecule has 3 atom stereocenters. The summed E-state index contributed by atoms with van der Waals surface area (Å²) in [6.07, 6.45) is 3.85. The lowest BCUT2D eigenvalue weighted by Gasteiger charge is -2.51. The minimum absolute atomic E-state index is 0.148. The van der Waals surface area contributed by atoms with Gasteiger partial charge in [-0.3, -0.25) is 4.90 Å². The van der Waals surface area contributed by atoms with Gasteiger partial charge in [-0.15, -0.1) is 11.3 Å². The summed E-state index contributed by atoms with van der Waals surface area (Å²) >= 11 is 1.73. The largest absolute Gasteiger partial charge is 0.329 e. The smallest absolute Gasteiger partial charge is 0.0897 e. The molecule has 0 saturated heterocycles. The van der Waals surface area contributed by atoms with Crippen LogP contribution in [0.3, 0.4) is 0 Å². The lowest BCUT2D eigenvalue weighted by Crippen LogP contribution is -2.59. The van der Waals surface area contributed by atoms with Gasteiger partial charge in [-0.2, -0.15) is 0 Å². The van der Waals surface area contributed by atoms with Crippen LogP contribution >= 0.6 is 11.3 Å². The fourth-order valence-electron chi connectivity index (χ4n) is 3.60. The lowest BCUT2D eigenvalue weighted by atomic mass is 9.67. The predicted octanol–water partition coefficient (Wildman–Crippen LogP) is 3.04. The molecule has 19 heavy (non-hydrogen) atoms. The lowest BCUT2D eigenvalue weighted by molar-refractivity contribution is 0.000769. The van der Waals surface area contributed by atoms with Gasteiger partial charge < -0.3 is 5.73 Å². The molecular weight excluding hydrogens is 254 g/mol. The van der Waals surface area contributed by atoms with Crippen LogP contribution in [0.15, 0.2) is 5.38 Å². The average Bonchev–Trinajstić information content (AvgIpc) is 2.78. The molecule has 0 spiro atoms. The second kappa shape index (κ2) is 5.90. The molecule has 1 aromatic rings. The van der Waals surface area contributed by atoms with Crippen molar-refractivity contribution in [2.45, 2.75) is 52.1 Å². The number of aryl methyl sites for hydroxylation is 1. The summed E-state index contributed by atoms with van der Waals surface area (Å²) in [7, 11) is 2.22. The number of thiazole rings is 1. The van der Waals surface area contributed by atoms with E-state index >= 15 is 0 Å². The predicted molar refractivity (Wildman–Crippen MR) is 82.3 cm³/mol. The standard InChI is InChI=1S/C15H27N3S/c1-11-6-5-7-15(10-16,12(11)2)18(4)8-14-9-19-13(3)17-14/h9,11-12H,5-8,10,16H2,1-4H3. The van der Waals surface area contributed by atoms with Gasteiger partial charge in [0, 0.05) is 24.0 Å². The molecule has 3 unspecified atom stereocenters. The first-order chi connectivity index (χ1) is 8.99. The Morgan fingerprint density at radius 2 is 2.26 bits per heavy atom. The molecule has 2 N–H and O–H groups in total. The number of hydrogen-bond acceptors (Lipinski definition) is 4. The van der Waals surface area contributed by atoms with E-state index in [0.29, 0.717) is 5.92 Å². The van der Waals surface area contributed by atoms with E-state index in [2.05, 4.69) is 43.1 Å². The number of likely N-dealkylation sites (N-methyl/N-ethyl adjacent to an activating group) is 1. The van der Waals surface area contributed by atoms with Crippen molar-refractivity contribution in [1.29, 1.82) is 0 Å². The summed E-state index contributed by atoms with van der Waals surface area (Å²) in [5.41, 5.74) is 7.52. The number of hydrogen-bond donors (Lipinski definition) is 1. The summed E-state index contributed by atoms with van der Waals surface area (Å²) in [6.45, 7) is 8.48. The maximum atomic E-state index is 6.19. The third-order valence-corrected chi connectivity index (χ3v) is 5.97. The van der Waals surface area contributed by atoms with Gasteiger partial charge in [-0.05, 0) is 32.2 Å². The van der Waals surface area contributed by atoms with Gasteiger partial charge in [-0.25, -0.2) is 4.98 Å². The van der Waals surface area contributed by atoms with Crippen LogP contribution in [0.4, 0.5) is 0 Å². The van der Waals surface area contributed by atoms with Crippen LogP contribution in [0, 0.1) is 18.8 Å². The highest BCUT2D eigenvalue weighted by atomic mass is 32.1. The summed E-state index contributed by atoms with van der Waals surface area (Å²) in [4.78, 5) is 7.05. The van der Waals surface area contributed by atoms with E-state index in [9.17, 15) is 0 Å². The molecular formula is C15H27N3S. The highest BCUT2D eigenvalue weighted by molar-refractivity contribution is 7.09. The van der Waals surface area contributed by atoms with E-state index in [1.807, 2.05) is 0 Å². The molecule has 0 radical (unpaired) electrons. The van der Waals surface area contributed by atoms with Crippen LogP contribution in [-0.4, -0.2) is 29.0 Å². The van der Waals surface area contributed by atoms with Crippen molar-refractivity contribution in [3.05, 3.63) is 16.1 Å². The maximum Gasteiger partial charge on any atom is 0.0897 e. The van der Waals surface area contributed by atoms with Crippen molar-refractivity contribution >= 4 is 11.3 Å². The average molecular weight is 281 g/mol. The van der Waals surface area contributed by atoms with Crippen molar-refractivity contribution in [2.24, 2.45) is 17.6 Å². The zero-order valence-electron chi connectivity index (χ0n) is 12.6. The zero-order valence-corrected chi connectivity index (χ0v) is 13.5. The van der Waals surface area contributed by atoms with E-state index in [4.69, 9.17) is 5.73 Å². The van der Waals surface area contributed by atoms with Crippen LogP contribution in [0.25, 0.3) is 0 Å². The number of nitrogens with two attached hydrogens (primary N) is 1. The van der Waals surface area contributed by atoms with Gasteiger partial charge in [0.1, 0.15) is 0 Å². The Kier molecular flexibility index (Phi) is 4.64. The highest BCUT2D eigenvalue weighted by Gasteiger charge is 2.43. The molecule has 2 rings (SSSR count). The van der Waals surface area contributed by atoms with Gasteiger partial charge in [0.2, 0.25) is 0 Å². The molecule has 1 saturated carbocycles. The number of rotatable bonds is 4. The first-order valence-electron chi connectivity index (χ1n) is 7.32. The normalized spacial score (nSPS) is 31.9. The minimum Gasteiger partial charge on any atom is -0.329 e. The Hall–Kier alpha value is -0.450. The summed E-state index contributed by atoms with van der Waals surface area (Å²) in [6, 6.07) is 0. The molecule has 3 nitrogen and oxygen atoms in total. The molecule has 1 aliphatic carbocycles.